The lowest BCUT2D eigenvalue weighted by Crippen LogP contribution is -2.45. The van der Waals surface area contributed by atoms with Crippen LogP contribution in [-0.4, -0.2) is 55.8 Å². The van der Waals surface area contributed by atoms with Crippen molar-refractivity contribution in [2.45, 2.75) is 38.8 Å². The Morgan fingerprint density at radius 3 is 2.73 bits per heavy atom. The van der Waals surface area contributed by atoms with Crippen LogP contribution in [0.5, 0.6) is 0 Å². The highest BCUT2D eigenvalue weighted by Gasteiger charge is 2.29. The molecule has 1 aliphatic heterocycles. The third-order valence-electron chi connectivity index (χ3n) is 4.24. The SMILES string of the molecule is CC(C)(C)n1ncc2c(N3CC[C@H](CO)[C@@H](O)C3)ncnc21. The van der Waals surface area contributed by atoms with E-state index in [0.29, 0.717) is 6.54 Å². The van der Waals surface area contributed by atoms with Gasteiger partial charge in [0.1, 0.15) is 12.1 Å². The van der Waals surface area contributed by atoms with Gasteiger partial charge in [-0.3, -0.25) is 0 Å². The third kappa shape index (κ3) is 2.55. The molecular weight excluding hydrogens is 282 g/mol. The van der Waals surface area contributed by atoms with Crippen molar-refractivity contribution in [3.8, 4) is 0 Å². The third-order valence-corrected chi connectivity index (χ3v) is 4.24. The molecule has 0 bridgehead atoms. The van der Waals surface area contributed by atoms with E-state index in [1.807, 2.05) is 4.68 Å². The molecule has 1 saturated heterocycles. The zero-order valence-electron chi connectivity index (χ0n) is 13.3. The predicted octanol–water partition coefficient (Wildman–Crippen LogP) is 0.761. The lowest BCUT2D eigenvalue weighted by Gasteiger charge is -2.35. The van der Waals surface area contributed by atoms with Gasteiger partial charge in [0.05, 0.1) is 23.2 Å². The summed E-state index contributed by atoms with van der Waals surface area (Å²) in [5.41, 5.74) is 0.646. The summed E-state index contributed by atoms with van der Waals surface area (Å²) in [5.74, 6) is 0.752. The fourth-order valence-corrected chi connectivity index (χ4v) is 2.96. The molecule has 0 spiro atoms. The zero-order valence-corrected chi connectivity index (χ0v) is 13.3. The van der Waals surface area contributed by atoms with Gasteiger partial charge in [-0.2, -0.15) is 5.10 Å². The molecule has 2 aromatic rings. The number of aliphatic hydroxyl groups is 2. The van der Waals surface area contributed by atoms with Crippen molar-refractivity contribution < 1.29 is 10.2 Å². The van der Waals surface area contributed by atoms with Gasteiger partial charge in [0, 0.05) is 25.6 Å². The lowest BCUT2D eigenvalue weighted by atomic mass is 9.95. The highest BCUT2D eigenvalue weighted by molar-refractivity contribution is 5.86. The van der Waals surface area contributed by atoms with Gasteiger partial charge in [-0.15, -0.1) is 0 Å². The van der Waals surface area contributed by atoms with Gasteiger partial charge in [-0.1, -0.05) is 0 Å². The van der Waals surface area contributed by atoms with Crippen molar-refractivity contribution in [1.82, 2.24) is 19.7 Å². The molecule has 2 aromatic heterocycles. The first-order valence-corrected chi connectivity index (χ1v) is 7.65. The van der Waals surface area contributed by atoms with E-state index in [4.69, 9.17) is 0 Å². The quantitative estimate of drug-likeness (QED) is 0.852. The number of fused-ring (bicyclic) bond motifs is 1. The normalized spacial score (nSPS) is 23.2. The fraction of sp³-hybridized carbons (Fsp3) is 0.667. The predicted molar refractivity (Wildman–Crippen MR) is 83.7 cm³/mol. The van der Waals surface area contributed by atoms with E-state index in [0.717, 1.165) is 29.8 Å². The number of aliphatic hydroxyl groups excluding tert-OH is 2. The van der Waals surface area contributed by atoms with Crippen molar-refractivity contribution in [3.05, 3.63) is 12.5 Å². The lowest BCUT2D eigenvalue weighted by molar-refractivity contribution is 0.0547. The number of hydrogen-bond acceptors (Lipinski definition) is 6. The number of hydrogen-bond donors (Lipinski definition) is 2. The van der Waals surface area contributed by atoms with E-state index in [9.17, 15) is 10.2 Å². The van der Waals surface area contributed by atoms with Gasteiger partial charge in [0.2, 0.25) is 0 Å². The molecule has 0 unspecified atom stereocenters. The molecule has 7 nitrogen and oxygen atoms in total. The van der Waals surface area contributed by atoms with Crippen LogP contribution in [0.1, 0.15) is 27.2 Å². The maximum absolute atomic E-state index is 10.1. The molecule has 0 radical (unpaired) electrons. The second-order valence-electron chi connectivity index (χ2n) is 6.91. The van der Waals surface area contributed by atoms with E-state index in [1.165, 1.54) is 0 Å². The molecule has 120 valence electrons. The number of nitrogens with zero attached hydrogens (tertiary/aromatic N) is 5. The molecule has 2 N–H and O–H groups in total. The van der Waals surface area contributed by atoms with Gasteiger partial charge in [-0.05, 0) is 27.2 Å². The Hall–Kier alpha value is -1.73. The van der Waals surface area contributed by atoms with Crippen LogP contribution in [0.3, 0.4) is 0 Å². The first kappa shape index (κ1) is 15.2. The van der Waals surface area contributed by atoms with Gasteiger partial charge >= 0.3 is 0 Å². The first-order chi connectivity index (χ1) is 10.4. The van der Waals surface area contributed by atoms with Gasteiger partial charge in [0.15, 0.2) is 5.65 Å². The second-order valence-corrected chi connectivity index (χ2v) is 6.91. The average molecular weight is 305 g/mol. The molecule has 7 heteroatoms. The minimum atomic E-state index is -0.540. The maximum atomic E-state index is 10.1. The zero-order chi connectivity index (χ0) is 15.9. The Morgan fingerprint density at radius 1 is 1.32 bits per heavy atom. The minimum absolute atomic E-state index is 0.0240. The highest BCUT2D eigenvalue weighted by atomic mass is 16.3. The van der Waals surface area contributed by atoms with Crippen molar-refractivity contribution >= 4 is 16.9 Å². The summed E-state index contributed by atoms with van der Waals surface area (Å²) in [5, 5.41) is 24.8. The molecule has 3 rings (SSSR count). The Labute approximate surface area is 129 Å². The molecule has 0 aliphatic carbocycles. The molecule has 0 amide bonds. The van der Waals surface area contributed by atoms with Crippen LogP contribution in [-0.2, 0) is 5.54 Å². The van der Waals surface area contributed by atoms with Gasteiger partial charge < -0.3 is 15.1 Å². The monoisotopic (exact) mass is 305 g/mol. The maximum Gasteiger partial charge on any atom is 0.163 e. The first-order valence-electron chi connectivity index (χ1n) is 7.65. The Bertz CT molecular complexity index is 663. The number of anilines is 1. The summed E-state index contributed by atoms with van der Waals surface area (Å²) in [6, 6.07) is 0. The molecule has 2 atom stereocenters. The van der Waals surface area contributed by atoms with Crippen LogP contribution in [0, 0.1) is 5.92 Å². The van der Waals surface area contributed by atoms with Crippen molar-refractivity contribution in [2.75, 3.05) is 24.6 Å². The average Bonchev–Trinajstić information content (AvgIpc) is 2.91. The Kier molecular flexibility index (Phi) is 3.78. The summed E-state index contributed by atoms with van der Waals surface area (Å²) < 4.78 is 1.89. The van der Waals surface area contributed by atoms with Gasteiger partial charge in [-0.25, -0.2) is 14.6 Å². The highest BCUT2D eigenvalue weighted by Crippen LogP contribution is 2.29. The summed E-state index contributed by atoms with van der Waals surface area (Å²) in [6.07, 6.45) is 3.55. The molecule has 1 aliphatic rings. The van der Waals surface area contributed by atoms with Crippen molar-refractivity contribution in [2.24, 2.45) is 5.92 Å². The van der Waals surface area contributed by atoms with Crippen LogP contribution in [0.25, 0.3) is 11.0 Å². The van der Waals surface area contributed by atoms with Crippen LogP contribution in [0.15, 0.2) is 12.5 Å². The number of rotatable bonds is 2. The molecule has 0 saturated carbocycles. The molecule has 22 heavy (non-hydrogen) atoms. The van der Waals surface area contributed by atoms with E-state index < -0.39 is 6.10 Å². The van der Waals surface area contributed by atoms with Crippen molar-refractivity contribution in [1.29, 1.82) is 0 Å². The van der Waals surface area contributed by atoms with E-state index in [-0.39, 0.29) is 18.1 Å². The topological polar surface area (TPSA) is 87.3 Å². The minimum Gasteiger partial charge on any atom is -0.396 e. The molecular formula is C15H23N5O2. The van der Waals surface area contributed by atoms with E-state index in [2.05, 4.69) is 40.7 Å². The van der Waals surface area contributed by atoms with Crippen LogP contribution < -0.4 is 4.90 Å². The fourth-order valence-electron chi connectivity index (χ4n) is 2.96. The summed E-state index contributed by atoms with van der Waals surface area (Å²) in [6.45, 7) is 7.50. The number of β-amino-alcohol motifs (C(OH)–C–C–N with tert-alkyl or cyclic N) is 1. The largest absolute Gasteiger partial charge is 0.396 e. The van der Waals surface area contributed by atoms with Crippen molar-refractivity contribution in [3.63, 3.8) is 0 Å². The second kappa shape index (κ2) is 5.48. The Morgan fingerprint density at radius 2 is 2.09 bits per heavy atom. The summed E-state index contributed by atoms with van der Waals surface area (Å²) in [7, 11) is 0. The van der Waals surface area contributed by atoms with Crippen LogP contribution >= 0.6 is 0 Å². The van der Waals surface area contributed by atoms with E-state index >= 15 is 0 Å². The van der Waals surface area contributed by atoms with Crippen LogP contribution in [0.2, 0.25) is 0 Å². The van der Waals surface area contributed by atoms with Crippen LogP contribution in [0.4, 0.5) is 5.82 Å². The Balaban J connectivity index is 1.97. The standard InChI is InChI=1S/C15H23N5O2/c1-15(2,3)20-14-11(6-18-20)13(16-9-17-14)19-5-4-10(8-21)12(22)7-19/h6,9-10,12,21-22H,4-5,7-8H2,1-3H3/t10-,12+/m1/s1. The number of piperidine rings is 1. The smallest absolute Gasteiger partial charge is 0.163 e. The van der Waals surface area contributed by atoms with E-state index in [1.54, 1.807) is 12.5 Å². The summed E-state index contributed by atoms with van der Waals surface area (Å²) in [4.78, 5) is 10.8. The molecule has 1 fully saturated rings. The molecule has 3 heterocycles. The molecule has 0 aromatic carbocycles. The van der Waals surface area contributed by atoms with Gasteiger partial charge in [0.25, 0.3) is 0 Å². The summed E-state index contributed by atoms with van der Waals surface area (Å²) >= 11 is 0. The number of aromatic nitrogens is 4.